The molecule has 0 radical (unpaired) electrons. The van der Waals surface area contributed by atoms with Gasteiger partial charge in [0.05, 0.1) is 12.7 Å². The van der Waals surface area contributed by atoms with E-state index in [9.17, 15) is 4.79 Å². The molecule has 0 spiro atoms. The van der Waals surface area contributed by atoms with Crippen LogP contribution in [0.4, 0.5) is 0 Å². The molecule has 0 unspecified atom stereocenters. The van der Waals surface area contributed by atoms with Crippen molar-refractivity contribution in [2.45, 2.75) is 39.0 Å². The van der Waals surface area contributed by atoms with Crippen LogP contribution in [0.1, 0.15) is 49.4 Å². The number of nitrogens with zero attached hydrogens (tertiary/aromatic N) is 1. The van der Waals surface area contributed by atoms with Gasteiger partial charge in [0.2, 0.25) is 0 Å². The summed E-state index contributed by atoms with van der Waals surface area (Å²) in [7, 11) is 1.56. The van der Waals surface area contributed by atoms with Crippen molar-refractivity contribution >= 4 is 11.6 Å². The van der Waals surface area contributed by atoms with E-state index in [0.29, 0.717) is 11.3 Å². The van der Waals surface area contributed by atoms with Gasteiger partial charge in [-0.15, -0.1) is 0 Å². The van der Waals surface area contributed by atoms with Crippen molar-refractivity contribution in [3.63, 3.8) is 0 Å². The van der Waals surface area contributed by atoms with Gasteiger partial charge >= 0.3 is 0 Å². The van der Waals surface area contributed by atoms with Crippen LogP contribution in [0.25, 0.3) is 0 Å². The van der Waals surface area contributed by atoms with Crippen LogP contribution < -0.4 is 10.2 Å². The highest BCUT2D eigenvalue weighted by atomic mass is 16.5. The Hall–Kier alpha value is -1.84. The van der Waals surface area contributed by atoms with Crippen LogP contribution in [0.2, 0.25) is 0 Å². The monoisotopic (exact) mass is 274 g/mol. The first kappa shape index (κ1) is 14.6. The van der Waals surface area contributed by atoms with Gasteiger partial charge in [-0.25, -0.2) is 5.43 Å². The van der Waals surface area contributed by atoms with Crippen molar-refractivity contribution in [2.24, 2.45) is 11.0 Å². The van der Waals surface area contributed by atoms with E-state index in [1.807, 2.05) is 12.1 Å². The summed E-state index contributed by atoms with van der Waals surface area (Å²) in [6.07, 6.45) is 5.58. The molecule has 20 heavy (non-hydrogen) atoms. The number of para-hydroxylation sites is 1. The fraction of sp³-hybridized carbons (Fsp3) is 0.500. The molecule has 1 fully saturated rings. The summed E-state index contributed by atoms with van der Waals surface area (Å²) >= 11 is 0. The Balaban J connectivity index is 1.95. The zero-order chi connectivity index (χ0) is 14.4. The fourth-order valence-corrected chi connectivity index (χ4v) is 2.55. The van der Waals surface area contributed by atoms with E-state index < -0.39 is 0 Å². The van der Waals surface area contributed by atoms with Gasteiger partial charge in [-0.05, 0) is 43.7 Å². The first-order chi connectivity index (χ1) is 9.74. The summed E-state index contributed by atoms with van der Waals surface area (Å²) < 4.78 is 5.18. The van der Waals surface area contributed by atoms with Crippen LogP contribution in [0, 0.1) is 5.92 Å². The van der Waals surface area contributed by atoms with E-state index >= 15 is 0 Å². The molecule has 1 amide bonds. The normalized spacial score (nSPS) is 18.5. The molecule has 4 nitrogen and oxygen atoms in total. The maximum Gasteiger partial charge on any atom is 0.275 e. The van der Waals surface area contributed by atoms with Gasteiger partial charge in [0.15, 0.2) is 0 Å². The van der Waals surface area contributed by atoms with Gasteiger partial charge in [0, 0.05) is 5.71 Å². The molecule has 0 atom stereocenters. The molecule has 1 aliphatic rings. The maximum atomic E-state index is 12.1. The Bertz CT molecular complexity index is 487. The van der Waals surface area contributed by atoms with Gasteiger partial charge < -0.3 is 4.74 Å². The Kier molecular flexibility index (Phi) is 5.16. The number of hydrazone groups is 1. The Morgan fingerprint density at radius 1 is 1.35 bits per heavy atom. The van der Waals surface area contributed by atoms with E-state index in [1.165, 1.54) is 19.3 Å². The maximum absolute atomic E-state index is 12.1. The fourth-order valence-electron chi connectivity index (χ4n) is 2.55. The molecule has 0 heterocycles. The predicted octanol–water partition coefficient (Wildman–Crippen LogP) is 3.38. The molecule has 2 rings (SSSR count). The number of carbonyl (C=O) groups excluding carboxylic acids is 1. The van der Waals surface area contributed by atoms with Gasteiger partial charge in [-0.3, -0.25) is 4.79 Å². The lowest BCUT2D eigenvalue weighted by molar-refractivity contribution is 0.0951. The van der Waals surface area contributed by atoms with E-state index in [0.717, 1.165) is 24.5 Å². The molecule has 1 aromatic carbocycles. The van der Waals surface area contributed by atoms with Gasteiger partial charge in [-0.2, -0.15) is 5.10 Å². The molecule has 0 bridgehead atoms. The standard InChI is InChI=1S/C16H22N2O2/c1-3-12-8-10-13(11-9-12)17-18-16(19)14-6-4-5-7-15(14)20-2/h4-7,12H,3,8-11H2,1-2H3,(H,18,19). The Morgan fingerprint density at radius 3 is 2.70 bits per heavy atom. The van der Waals surface area contributed by atoms with Crippen LogP contribution in [-0.4, -0.2) is 18.7 Å². The SMILES string of the molecule is CCC1CCC(=NNC(=O)c2ccccc2OC)CC1. The third kappa shape index (κ3) is 3.59. The highest BCUT2D eigenvalue weighted by Gasteiger charge is 2.16. The molecule has 0 aromatic heterocycles. The summed E-state index contributed by atoms with van der Waals surface area (Å²) in [5, 5.41) is 4.27. The first-order valence-electron chi connectivity index (χ1n) is 7.23. The molecular weight excluding hydrogens is 252 g/mol. The van der Waals surface area contributed by atoms with Gasteiger partial charge in [0.25, 0.3) is 5.91 Å². The number of amides is 1. The van der Waals surface area contributed by atoms with Crippen LogP contribution >= 0.6 is 0 Å². The smallest absolute Gasteiger partial charge is 0.275 e. The van der Waals surface area contributed by atoms with Gasteiger partial charge in [0.1, 0.15) is 5.75 Å². The number of benzene rings is 1. The van der Waals surface area contributed by atoms with Crippen LogP contribution in [0.3, 0.4) is 0 Å². The molecule has 108 valence electrons. The number of nitrogens with one attached hydrogen (secondary N) is 1. The molecular formula is C16H22N2O2. The van der Waals surface area contributed by atoms with Gasteiger partial charge in [-0.1, -0.05) is 25.5 Å². The van der Waals surface area contributed by atoms with E-state index in [4.69, 9.17) is 4.74 Å². The minimum absolute atomic E-state index is 0.215. The van der Waals surface area contributed by atoms with Crippen molar-refractivity contribution in [2.75, 3.05) is 7.11 Å². The quantitative estimate of drug-likeness (QED) is 0.856. The summed E-state index contributed by atoms with van der Waals surface area (Å²) in [4.78, 5) is 12.1. The highest BCUT2D eigenvalue weighted by Crippen LogP contribution is 2.24. The number of ether oxygens (including phenoxy) is 1. The summed E-state index contributed by atoms with van der Waals surface area (Å²) in [5.74, 6) is 1.17. The summed E-state index contributed by atoms with van der Waals surface area (Å²) in [6, 6.07) is 7.17. The molecule has 1 N–H and O–H groups in total. The summed E-state index contributed by atoms with van der Waals surface area (Å²) in [5.41, 5.74) is 4.26. The number of rotatable bonds is 4. The highest BCUT2D eigenvalue weighted by molar-refractivity contribution is 5.97. The van der Waals surface area contributed by atoms with E-state index in [1.54, 1.807) is 19.2 Å². The molecule has 1 aliphatic carbocycles. The zero-order valence-corrected chi connectivity index (χ0v) is 12.2. The third-order valence-corrected chi connectivity index (χ3v) is 3.93. The largest absolute Gasteiger partial charge is 0.496 e. The first-order valence-corrected chi connectivity index (χ1v) is 7.23. The molecule has 1 aromatic rings. The molecule has 1 saturated carbocycles. The second-order valence-electron chi connectivity index (χ2n) is 5.17. The topological polar surface area (TPSA) is 50.7 Å². The van der Waals surface area contributed by atoms with Crippen molar-refractivity contribution in [1.29, 1.82) is 0 Å². The average Bonchev–Trinajstić information content (AvgIpc) is 2.53. The minimum Gasteiger partial charge on any atom is -0.496 e. The van der Waals surface area contributed by atoms with E-state index in [-0.39, 0.29) is 5.91 Å². The van der Waals surface area contributed by atoms with E-state index in [2.05, 4.69) is 17.5 Å². The Morgan fingerprint density at radius 2 is 2.05 bits per heavy atom. The second-order valence-corrected chi connectivity index (χ2v) is 5.17. The molecule has 4 heteroatoms. The lowest BCUT2D eigenvalue weighted by Gasteiger charge is -2.21. The lowest BCUT2D eigenvalue weighted by Crippen LogP contribution is -2.22. The van der Waals surface area contributed by atoms with Crippen molar-refractivity contribution < 1.29 is 9.53 Å². The van der Waals surface area contributed by atoms with Crippen molar-refractivity contribution in [3.8, 4) is 5.75 Å². The number of methoxy groups -OCH3 is 1. The summed E-state index contributed by atoms with van der Waals surface area (Å²) in [6.45, 7) is 2.23. The number of hydrogen-bond donors (Lipinski definition) is 1. The zero-order valence-electron chi connectivity index (χ0n) is 12.2. The van der Waals surface area contributed by atoms with Crippen LogP contribution in [0.5, 0.6) is 5.75 Å². The molecule has 0 saturated heterocycles. The van der Waals surface area contributed by atoms with Crippen LogP contribution in [-0.2, 0) is 0 Å². The number of hydrogen-bond acceptors (Lipinski definition) is 3. The molecule has 0 aliphatic heterocycles. The van der Waals surface area contributed by atoms with Crippen LogP contribution in [0.15, 0.2) is 29.4 Å². The average molecular weight is 274 g/mol. The predicted molar refractivity (Wildman–Crippen MR) is 80.1 cm³/mol. The van der Waals surface area contributed by atoms with Crippen molar-refractivity contribution in [3.05, 3.63) is 29.8 Å². The minimum atomic E-state index is -0.215. The number of carbonyl (C=O) groups is 1. The Labute approximate surface area is 120 Å². The van der Waals surface area contributed by atoms with Crippen molar-refractivity contribution in [1.82, 2.24) is 5.43 Å². The third-order valence-electron chi connectivity index (χ3n) is 3.93. The lowest BCUT2D eigenvalue weighted by atomic mass is 9.86. The second kappa shape index (κ2) is 7.08.